The maximum atomic E-state index is 13.0. The first kappa shape index (κ1) is 14.1. The lowest BCUT2D eigenvalue weighted by atomic mass is 9.80. The van der Waals surface area contributed by atoms with E-state index in [1.54, 1.807) is 18.2 Å². The van der Waals surface area contributed by atoms with Gasteiger partial charge in [0.2, 0.25) is 0 Å². The zero-order valence-electron chi connectivity index (χ0n) is 9.88. The Morgan fingerprint density at radius 2 is 1.79 bits per heavy atom. The van der Waals surface area contributed by atoms with Crippen LogP contribution >= 0.6 is 11.8 Å². The summed E-state index contributed by atoms with van der Waals surface area (Å²) in [5, 5.41) is 18.1. The average molecular weight is 280 g/mol. The van der Waals surface area contributed by atoms with Crippen molar-refractivity contribution in [3.63, 3.8) is 0 Å². The predicted octanol–water partition coefficient (Wildman–Crippen LogP) is 1.94. The number of hydrogen-bond donors (Lipinski definition) is 2. The van der Waals surface area contributed by atoms with Crippen LogP contribution in [0.3, 0.4) is 0 Å². The summed E-state index contributed by atoms with van der Waals surface area (Å²) in [6.07, 6.45) is 0. The van der Waals surface area contributed by atoms with Crippen molar-refractivity contribution in [2.24, 2.45) is 0 Å². The molecule has 0 spiro atoms. The smallest absolute Gasteiger partial charge is 0.423 e. The highest BCUT2D eigenvalue weighted by molar-refractivity contribution is 7.98. The molecule has 0 heterocycles. The lowest BCUT2D eigenvalue weighted by molar-refractivity contribution is 0.425. The van der Waals surface area contributed by atoms with E-state index in [-0.39, 0.29) is 0 Å². The number of halogens is 2. The highest BCUT2D eigenvalue weighted by atomic mass is 32.2. The average Bonchev–Trinajstić information content (AvgIpc) is 2.40. The van der Waals surface area contributed by atoms with Crippen molar-refractivity contribution >= 4 is 24.3 Å². The predicted molar refractivity (Wildman–Crippen MR) is 72.2 cm³/mol. The van der Waals surface area contributed by atoms with E-state index in [9.17, 15) is 8.78 Å². The van der Waals surface area contributed by atoms with E-state index in [0.717, 1.165) is 17.7 Å². The Morgan fingerprint density at radius 3 is 2.47 bits per heavy atom. The molecule has 6 heteroatoms. The molecule has 2 rings (SSSR count). The second-order valence-electron chi connectivity index (χ2n) is 3.98. The van der Waals surface area contributed by atoms with Crippen LogP contribution in [0.5, 0.6) is 0 Å². The van der Waals surface area contributed by atoms with E-state index in [1.165, 1.54) is 17.8 Å². The Morgan fingerprint density at radius 1 is 1.00 bits per heavy atom. The fraction of sp³-hybridized carbons (Fsp3) is 0.0769. The Balaban J connectivity index is 2.05. The molecule has 19 heavy (non-hydrogen) atoms. The molecule has 2 N–H and O–H groups in total. The molecule has 0 bridgehead atoms. The molecule has 0 amide bonds. The molecule has 0 atom stereocenters. The third-order valence-electron chi connectivity index (χ3n) is 2.55. The highest BCUT2D eigenvalue weighted by Gasteiger charge is 2.10. The standard InChI is InChI=1S/C13H11BF2O2S/c15-12-5-4-11(7-13(12)16)19-8-9-2-1-3-10(6-9)14(17)18/h1-7,17-18H,8H2. The molecule has 2 aromatic carbocycles. The molecular weight excluding hydrogens is 269 g/mol. The van der Waals surface area contributed by atoms with Crippen LogP contribution < -0.4 is 5.46 Å². The molecular formula is C13H11BF2O2S. The highest BCUT2D eigenvalue weighted by Crippen LogP contribution is 2.23. The van der Waals surface area contributed by atoms with Gasteiger partial charge in [-0.25, -0.2) is 8.78 Å². The zero-order valence-corrected chi connectivity index (χ0v) is 10.7. The van der Waals surface area contributed by atoms with E-state index >= 15 is 0 Å². The van der Waals surface area contributed by atoms with Crippen molar-refractivity contribution in [2.45, 2.75) is 10.6 Å². The van der Waals surface area contributed by atoms with Crippen LogP contribution in [-0.2, 0) is 5.75 Å². The van der Waals surface area contributed by atoms with Crippen LogP contribution in [0.25, 0.3) is 0 Å². The molecule has 0 aliphatic rings. The first-order valence-electron chi connectivity index (χ1n) is 5.59. The third kappa shape index (κ3) is 3.80. The van der Waals surface area contributed by atoms with Gasteiger partial charge in [-0.05, 0) is 29.2 Å². The van der Waals surface area contributed by atoms with Gasteiger partial charge in [0.15, 0.2) is 11.6 Å². The monoisotopic (exact) mass is 280 g/mol. The van der Waals surface area contributed by atoms with Gasteiger partial charge in [0, 0.05) is 10.6 Å². The van der Waals surface area contributed by atoms with Crippen LogP contribution in [-0.4, -0.2) is 17.2 Å². The molecule has 0 aliphatic heterocycles. The summed E-state index contributed by atoms with van der Waals surface area (Å²) in [5.74, 6) is -1.20. The van der Waals surface area contributed by atoms with Crippen molar-refractivity contribution < 1.29 is 18.8 Å². The Bertz CT molecular complexity index is 578. The summed E-state index contributed by atoms with van der Waals surface area (Å²) >= 11 is 1.35. The molecule has 2 aromatic rings. The Hall–Kier alpha value is -1.37. The van der Waals surface area contributed by atoms with Gasteiger partial charge in [-0.2, -0.15) is 0 Å². The van der Waals surface area contributed by atoms with Crippen LogP contribution in [0.15, 0.2) is 47.4 Å². The van der Waals surface area contributed by atoms with E-state index in [4.69, 9.17) is 10.0 Å². The first-order valence-corrected chi connectivity index (χ1v) is 6.57. The van der Waals surface area contributed by atoms with Gasteiger partial charge in [-0.3, -0.25) is 0 Å². The molecule has 98 valence electrons. The second kappa shape index (κ2) is 6.19. The topological polar surface area (TPSA) is 40.5 Å². The SMILES string of the molecule is OB(O)c1cccc(CSc2ccc(F)c(F)c2)c1. The van der Waals surface area contributed by atoms with E-state index < -0.39 is 18.8 Å². The normalized spacial score (nSPS) is 10.5. The van der Waals surface area contributed by atoms with Gasteiger partial charge in [-0.15, -0.1) is 11.8 Å². The fourth-order valence-electron chi connectivity index (χ4n) is 1.58. The molecule has 0 radical (unpaired) electrons. The van der Waals surface area contributed by atoms with Crippen LogP contribution in [0.4, 0.5) is 8.78 Å². The van der Waals surface area contributed by atoms with Gasteiger partial charge in [0.05, 0.1) is 0 Å². The minimum Gasteiger partial charge on any atom is -0.423 e. The second-order valence-corrected chi connectivity index (χ2v) is 5.03. The largest absolute Gasteiger partial charge is 0.488 e. The third-order valence-corrected chi connectivity index (χ3v) is 3.61. The molecule has 0 aliphatic carbocycles. The lowest BCUT2D eigenvalue weighted by Gasteiger charge is -2.05. The minimum atomic E-state index is -1.51. The molecule has 0 fully saturated rings. The lowest BCUT2D eigenvalue weighted by Crippen LogP contribution is -2.29. The maximum Gasteiger partial charge on any atom is 0.488 e. The summed E-state index contributed by atoms with van der Waals surface area (Å²) < 4.78 is 25.8. The fourth-order valence-corrected chi connectivity index (χ4v) is 2.44. The van der Waals surface area contributed by atoms with Crippen molar-refractivity contribution in [3.05, 3.63) is 59.7 Å². The number of rotatable bonds is 4. The summed E-state index contributed by atoms with van der Waals surface area (Å²) in [6.45, 7) is 0. The van der Waals surface area contributed by atoms with Gasteiger partial charge in [-0.1, -0.05) is 24.3 Å². The molecule has 0 aromatic heterocycles. The maximum absolute atomic E-state index is 13.0. The number of thioether (sulfide) groups is 1. The summed E-state index contributed by atoms with van der Waals surface area (Å²) in [6, 6.07) is 10.6. The molecule has 0 saturated carbocycles. The Labute approximate surface area is 114 Å². The molecule has 2 nitrogen and oxygen atoms in total. The number of hydrogen-bond acceptors (Lipinski definition) is 3. The van der Waals surface area contributed by atoms with Crippen molar-refractivity contribution in [1.29, 1.82) is 0 Å². The zero-order chi connectivity index (χ0) is 13.8. The summed E-state index contributed by atoms with van der Waals surface area (Å²) in [5.41, 5.74) is 1.28. The van der Waals surface area contributed by atoms with Gasteiger partial charge < -0.3 is 10.0 Å². The summed E-state index contributed by atoms with van der Waals surface area (Å²) in [7, 11) is -1.51. The van der Waals surface area contributed by atoms with Crippen LogP contribution in [0, 0.1) is 11.6 Å². The van der Waals surface area contributed by atoms with Gasteiger partial charge in [0.25, 0.3) is 0 Å². The minimum absolute atomic E-state index is 0.406. The van der Waals surface area contributed by atoms with Crippen LogP contribution in [0.1, 0.15) is 5.56 Å². The first-order chi connectivity index (χ1) is 9.06. The summed E-state index contributed by atoms with van der Waals surface area (Å²) in [4.78, 5) is 0.619. The van der Waals surface area contributed by atoms with Gasteiger partial charge in [0.1, 0.15) is 0 Å². The van der Waals surface area contributed by atoms with Crippen molar-refractivity contribution in [1.82, 2.24) is 0 Å². The molecule has 0 saturated heterocycles. The van der Waals surface area contributed by atoms with Crippen LogP contribution in [0.2, 0.25) is 0 Å². The van der Waals surface area contributed by atoms with Crippen molar-refractivity contribution in [2.75, 3.05) is 0 Å². The quantitative estimate of drug-likeness (QED) is 0.664. The Kier molecular flexibility index (Phi) is 4.58. The van der Waals surface area contributed by atoms with E-state index in [2.05, 4.69) is 0 Å². The van der Waals surface area contributed by atoms with E-state index in [0.29, 0.717) is 16.1 Å². The van der Waals surface area contributed by atoms with E-state index in [1.807, 2.05) is 6.07 Å². The van der Waals surface area contributed by atoms with Crippen molar-refractivity contribution in [3.8, 4) is 0 Å². The molecule has 0 unspecified atom stereocenters. The number of benzene rings is 2. The van der Waals surface area contributed by atoms with Gasteiger partial charge >= 0.3 is 7.12 Å².